The fourth-order valence-electron chi connectivity index (χ4n) is 2.42. The summed E-state index contributed by atoms with van der Waals surface area (Å²) in [5, 5.41) is 0. The highest BCUT2D eigenvalue weighted by atomic mass is 79.9. The fourth-order valence-corrected chi connectivity index (χ4v) is 2.94. The molecule has 1 aliphatic rings. The van der Waals surface area contributed by atoms with Gasteiger partial charge in [0.2, 0.25) is 0 Å². The molecule has 3 nitrogen and oxygen atoms in total. The molecule has 0 saturated heterocycles. The van der Waals surface area contributed by atoms with Gasteiger partial charge in [-0.1, -0.05) is 6.07 Å². The molecule has 1 heterocycles. The van der Waals surface area contributed by atoms with Crippen LogP contribution in [0.5, 0.6) is 0 Å². The number of hydrogen-bond acceptors (Lipinski definition) is 2. The third-order valence-corrected chi connectivity index (χ3v) is 4.07. The van der Waals surface area contributed by atoms with E-state index in [0.717, 1.165) is 17.7 Å². The first kappa shape index (κ1) is 13.1. The van der Waals surface area contributed by atoms with Crippen molar-refractivity contribution in [3.05, 3.63) is 57.8 Å². The van der Waals surface area contributed by atoms with Crippen LogP contribution in [-0.2, 0) is 6.42 Å². The molecule has 2 aromatic carbocycles. The Kier molecular flexibility index (Phi) is 3.22. The van der Waals surface area contributed by atoms with Gasteiger partial charge >= 0.3 is 0 Å². The summed E-state index contributed by atoms with van der Waals surface area (Å²) < 4.78 is 13.6. The van der Waals surface area contributed by atoms with Gasteiger partial charge in [0.05, 0.1) is 5.56 Å². The summed E-state index contributed by atoms with van der Waals surface area (Å²) in [4.78, 5) is 14.3. The third-order valence-electron chi connectivity index (χ3n) is 3.41. The number of amides is 1. The highest BCUT2D eigenvalue weighted by Crippen LogP contribution is 2.32. The highest BCUT2D eigenvalue weighted by molar-refractivity contribution is 9.10. The second-order valence-corrected chi connectivity index (χ2v) is 5.57. The van der Waals surface area contributed by atoms with Gasteiger partial charge in [-0.3, -0.25) is 4.79 Å². The molecule has 0 atom stereocenters. The maximum Gasteiger partial charge on any atom is 0.259 e. The van der Waals surface area contributed by atoms with E-state index in [9.17, 15) is 9.18 Å². The van der Waals surface area contributed by atoms with Crippen molar-refractivity contribution in [3.63, 3.8) is 0 Å². The Hall–Kier alpha value is -1.88. The quantitative estimate of drug-likeness (QED) is 0.812. The van der Waals surface area contributed by atoms with Crippen LogP contribution in [0.1, 0.15) is 15.9 Å². The largest absolute Gasteiger partial charge is 0.399 e. The number of carbonyl (C=O) groups excluding carboxylic acids is 1. The maximum absolute atomic E-state index is 13.1. The van der Waals surface area contributed by atoms with Crippen molar-refractivity contribution in [2.45, 2.75) is 6.42 Å². The molecule has 0 aliphatic carbocycles. The second-order valence-electron chi connectivity index (χ2n) is 4.72. The average molecular weight is 335 g/mol. The van der Waals surface area contributed by atoms with E-state index >= 15 is 0 Å². The standard InChI is InChI=1S/C15H12BrFN2O/c16-13-7-10(17)2-4-12(13)15(20)19-6-5-9-1-3-11(18)8-14(9)19/h1-4,7-8H,5-6,18H2. The molecule has 0 unspecified atom stereocenters. The van der Waals surface area contributed by atoms with Gasteiger partial charge in [-0.25, -0.2) is 4.39 Å². The number of carbonyl (C=O) groups is 1. The van der Waals surface area contributed by atoms with Crippen LogP contribution < -0.4 is 10.6 Å². The van der Waals surface area contributed by atoms with E-state index in [-0.39, 0.29) is 11.7 Å². The molecule has 0 bridgehead atoms. The van der Waals surface area contributed by atoms with Crippen LogP contribution in [0, 0.1) is 5.82 Å². The van der Waals surface area contributed by atoms with Gasteiger partial charge in [-0.15, -0.1) is 0 Å². The van der Waals surface area contributed by atoms with E-state index in [4.69, 9.17) is 5.73 Å². The van der Waals surface area contributed by atoms with Crippen molar-refractivity contribution >= 4 is 33.2 Å². The number of nitrogen functional groups attached to an aromatic ring is 1. The molecular weight excluding hydrogens is 323 g/mol. The van der Waals surface area contributed by atoms with Gasteiger partial charge in [0.25, 0.3) is 5.91 Å². The molecule has 102 valence electrons. The van der Waals surface area contributed by atoms with E-state index < -0.39 is 0 Å². The number of nitrogens with zero attached hydrogens (tertiary/aromatic N) is 1. The zero-order valence-electron chi connectivity index (χ0n) is 10.6. The molecule has 0 radical (unpaired) electrons. The van der Waals surface area contributed by atoms with E-state index in [0.29, 0.717) is 22.3 Å². The Morgan fingerprint density at radius 2 is 2.05 bits per heavy atom. The van der Waals surface area contributed by atoms with Gasteiger partial charge < -0.3 is 10.6 Å². The Bertz CT molecular complexity index is 702. The van der Waals surface area contributed by atoms with Gasteiger partial charge in [-0.2, -0.15) is 0 Å². The summed E-state index contributed by atoms with van der Waals surface area (Å²) in [6.07, 6.45) is 0.806. The fraction of sp³-hybridized carbons (Fsp3) is 0.133. The van der Waals surface area contributed by atoms with Crippen molar-refractivity contribution in [2.75, 3.05) is 17.2 Å². The molecule has 0 aromatic heterocycles. The van der Waals surface area contributed by atoms with Crippen molar-refractivity contribution < 1.29 is 9.18 Å². The predicted octanol–water partition coefficient (Wildman–Crippen LogP) is 3.37. The minimum absolute atomic E-state index is 0.152. The minimum atomic E-state index is -0.375. The summed E-state index contributed by atoms with van der Waals surface area (Å²) in [5.74, 6) is -0.527. The highest BCUT2D eigenvalue weighted by Gasteiger charge is 2.26. The smallest absolute Gasteiger partial charge is 0.259 e. The van der Waals surface area contributed by atoms with E-state index in [2.05, 4.69) is 15.9 Å². The molecule has 3 rings (SSSR count). The first-order chi connectivity index (χ1) is 9.56. The predicted molar refractivity (Wildman–Crippen MR) is 80.3 cm³/mol. The van der Waals surface area contributed by atoms with Crippen molar-refractivity contribution in [2.24, 2.45) is 0 Å². The first-order valence-electron chi connectivity index (χ1n) is 6.21. The van der Waals surface area contributed by atoms with Gasteiger partial charge in [0.15, 0.2) is 0 Å². The van der Waals surface area contributed by atoms with Crippen molar-refractivity contribution in [3.8, 4) is 0 Å². The lowest BCUT2D eigenvalue weighted by molar-refractivity contribution is 0.0988. The summed E-state index contributed by atoms with van der Waals surface area (Å²) >= 11 is 3.24. The number of nitrogens with two attached hydrogens (primary N) is 1. The van der Waals surface area contributed by atoms with E-state index in [1.54, 1.807) is 11.0 Å². The molecule has 0 saturated carbocycles. The summed E-state index contributed by atoms with van der Waals surface area (Å²) in [6.45, 7) is 0.613. The molecule has 0 spiro atoms. The van der Waals surface area contributed by atoms with Gasteiger partial charge in [0, 0.05) is 22.4 Å². The van der Waals surface area contributed by atoms with Crippen LogP contribution in [0.25, 0.3) is 0 Å². The molecule has 1 aliphatic heterocycles. The molecule has 2 aromatic rings. The van der Waals surface area contributed by atoms with Crippen LogP contribution in [0.4, 0.5) is 15.8 Å². The molecular formula is C15H12BrFN2O. The van der Waals surface area contributed by atoms with E-state index in [1.807, 2.05) is 12.1 Å². The second kappa shape index (κ2) is 4.90. The number of halogens is 2. The Balaban J connectivity index is 1.99. The minimum Gasteiger partial charge on any atom is -0.399 e. The van der Waals surface area contributed by atoms with Gasteiger partial charge in [0.1, 0.15) is 5.82 Å². The number of rotatable bonds is 1. The summed E-state index contributed by atoms with van der Waals surface area (Å²) in [5.41, 5.74) is 8.80. The zero-order chi connectivity index (χ0) is 14.3. The Morgan fingerprint density at radius 3 is 2.80 bits per heavy atom. The topological polar surface area (TPSA) is 46.3 Å². The number of anilines is 2. The van der Waals surface area contributed by atoms with Crippen LogP contribution in [0.2, 0.25) is 0 Å². The van der Waals surface area contributed by atoms with Crippen LogP contribution in [-0.4, -0.2) is 12.5 Å². The number of hydrogen-bond donors (Lipinski definition) is 1. The normalized spacial score (nSPS) is 13.4. The first-order valence-corrected chi connectivity index (χ1v) is 7.01. The molecule has 20 heavy (non-hydrogen) atoms. The van der Waals surface area contributed by atoms with Crippen LogP contribution >= 0.6 is 15.9 Å². The van der Waals surface area contributed by atoms with Crippen molar-refractivity contribution in [1.82, 2.24) is 0 Å². The number of benzene rings is 2. The third kappa shape index (κ3) is 2.18. The maximum atomic E-state index is 13.1. The summed E-state index contributed by atoms with van der Waals surface area (Å²) in [7, 11) is 0. The lowest BCUT2D eigenvalue weighted by atomic mass is 10.1. The lowest BCUT2D eigenvalue weighted by Crippen LogP contribution is -2.29. The molecule has 5 heteroatoms. The van der Waals surface area contributed by atoms with Crippen molar-refractivity contribution in [1.29, 1.82) is 0 Å². The van der Waals surface area contributed by atoms with Crippen LogP contribution in [0.3, 0.4) is 0 Å². The van der Waals surface area contributed by atoms with E-state index in [1.165, 1.54) is 18.2 Å². The Morgan fingerprint density at radius 1 is 1.25 bits per heavy atom. The van der Waals surface area contributed by atoms with Gasteiger partial charge in [-0.05, 0) is 58.2 Å². The SMILES string of the molecule is Nc1ccc2c(c1)N(C(=O)c1ccc(F)cc1Br)CC2. The monoisotopic (exact) mass is 334 g/mol. The zero-order valence-corrected chi connectivity index (χ0v) is 12.2. The average Bonchev–Trinajstić information content (AvgIpc) is 2.81. The molecule has 2 N–H and O–H groups in total. The summed E-state index contributed by atoms with van der Waals surface area (Å²) in [6, 6.07) is 9.65. The number of fused-ring (bicyclic) bond motifs is 1. The molecule has 1 amide bonds. The Labute approximate surface area is 124 Å². The molecule has 0 fully saturated rings. The van der Waals surface area contributed by atoms with Crippen LogP contribution in [0.15, 0.2) is 40.9 Å². The lowest BCUT2D eigenvalue weighted by Gasteiger charge is -2.18.